The van der Waals surface area contributed by atoms with Gasteiger partial charge in [-0.1, -0.05) is 273 Å². The zero-order valence-electron chi connectivity index (χ0n) is 60.9. The monoisotopic (exact) mass is 1350 g/mol. The van der Waals surface area contributed by atoms with Crippen LogP contribution in [0.15, 0.2) is 265 Å². The molecule has 4 unspecified atom stereocenters. The number of para-hydroxylation sites is 3. The van der Waals surface area contributed by atoms with E-state index in [0.717, 1.165) is 24.3 Å². The number of aryl methyl sites for hydroxylation is 1. The normalized spacial score (nSPS) is 20.8. The lowest BCUT2D eigenvalue weighted by Gasteiger charge is -2.40. The molecule has 0 spiro atoms. The van der Waals surface area contributed by atoms with Crippen molar-refractivity contribution in [2.24, 2.45) is 5.92 Å². The first-order valence-corrected chi connectivity index (χ1v) is 38.2. The van der Waals surface area contributed by atoms with E-state index in [9.17, 15) is 0 Å². The van der Waals surface area contributed by atoms with Gasteiger partial charge in [0, 0.05) is 84.7 Å². The molecule has 3 heteroatoms. The van der Waals surface area contributed by atoms with Gasteiger partial charge in [-0.3, -0.25) is 4.98 Å². The molecule has 2 aromatic heterocycles. The van der Waals surface area contributed by atoms with Gasteiger partial charge in [-0.05, 0) is 217 Å². The number of pyridine rings is 1. The van der Waals surface area contributed by atoms with Crippen LogP contribution >= 0.6 is 0 Å². The van der Waals surface area contributed by atoms with Crippen LogP contribution < -0.4 is 4.74 Å². The summed E-state index contributed by atoms with van der Waals surface area (Å²) >= 11 is 0. The number of ether oxygens (including phenoxy) is 1. The molecule has 4 atom stereocenters. The Hall–Kier alpha value is -11.4. The summed E-state index contributed by atoms with van der Waals surface area (Å²) in [6, 6.07) is 81.4. The first-order valence-electron chi connectivity index (χ1n) is 38.2. The molecule has 25 rings (SSSR count). The average molecular weight is 1350 g/mol. The molecule has 1 aliphatic heterocycles. The Morgan fingerprint density at radius 1 is 0.448 bits per heavy atom. The van der Waals surface area contributed by atoms with E-state index in [4.69, 9.17) is 9.72 Å². The van der Waals surface area contributed by atoms with Gasteiger partial charge in [0.25, 0.3) is 0 Å². The van der Waals surface area contributed by atoms with Crippen molar-refractivity contribution in [3.8, 4) is 33.8 Å². The summed E-state index contributed by atoms with van der Waals surface area (Å²) in [5, 5.41) is 10.9. The van der Waals surface area contributed by atoms with Crippen molar-refractivity contribution in [1.82, 2.24) is 9.55 Å². The van der Waals surface area contributed by atoms with Crippen molar-refractivity contribution >= 4 is 88.6 Å². The van der Waals surface area contributed by atoms with Gasteiger partial charge in [0.1, 0.15) is 11.9 Å². The van der Waals surface area contributed by atoms with Crippen LogP contribution in [0, 0.1) is 12.8 Å². The highest BCUT2D eigenvalue weighted by molar-refractivity contribution is 6.29. The van der Waals surface area contributed by atoms with Crippen LogP contribution in [-0.2, 0) is 28.1 Å². The summed E-state index contributed by atoms with van der Waals surface area (Å²) in [6.07, 6.45) is 19.4. The molecule has 14 aromatic rings. The van der Waals surface area contributed by atoms with Gasteiger partial charge in [0.15, 0.2) is 0 Å². The lowest BCUT2D eigenvalue weighted by molar-refractivity contribution is 0.275. The third-order valence-corrected chi connectivity index (χ3v) is 27.2. The third-order valence-electron chi connectivity index (χ3n) is 27.2. The summed E-state index contributed by atoms with van der Waals surface area (Å²) in [7, 11) is 0. The van der Waals surface area contributed by atoms with E-state index in [0.29, 0.717) is 17.8 Å². The lowest BCUT2D eigenvalue weighted by Crippen LogP contribution is -2.26. The summed E-state index contributed by atoms with van der Waals surface area (Å²) in [6.45, 7) is 21.1. The smallest absolute Gasteiger partial charge is 0.129 e. The minimum atomic E-state index is -0.0555. The van der Waals surface area contributed by atoms with Crippen LogP contribution in [0.2, 0.25) is 0 Å². The second-order valence-corrected chi connectivity index (χ2v) is 33.8. The van der Waals surface area contributed by atoms with Crippen molar-refractivity contribution in [3.05, 3.63) is 360 Å². The molecule has 502 valence electrons. The molecule has 10 aliphatic carbocycles. The molecule has 0 fully saturated rings. The van der Waals surface area contributed by atoms with E-state index in [-0.39, 0.29) is 27.8 Å². The summed E-state index contributed by atoms with van der Waals surface area (Å²) < 4.78 is 8.85. The highest BCUT2D eigenvalue weighted by atomic mass is 16.5. The first kappa shape index (κ1) is 60.1. The van der Waals surface area contributed by atoms with Gasteiger partial charge in [0.2, 0.25) is 0 Å². The molecule has 0 N–H and O–H groups in total. The highest BCUT2D eigenvalue weighted by Crippen LogP contribution is 2.64. The number of nitrogens with zero attached hydrogens (tertiary/aromatic N) is 2. The highest BCUT2D eigenvalue weighted by Gasteiger charge is 2.49. The molecular formula is C102H78N2O. The van der Waals surface area contributed by atoms with Gasteiger partial charge in [-0.15, -0.1) is 0 Å². The molecule has 0 radical (unpaired) electrons. The Balaban J connectivity index is 0.0000000964. The zero-order chi connectivity index (χ0) is 70.2. The fourth-order valence-electron chi connectivity index (χ4n) is 22.4. The summed E-state index contributed by atoms with van der Waals surface area (Å²) in [5.41, 5.74) is 43.5. The maximum atomic E-state index is 6.40. The lowest BCUT2D eigenvalue weighted by atomic mass is 9.63. The predicted molar refractivity (Wildman–Crippen MR) is 437 cm³/mol. The fourth-order valence-corrected chi connectivity index (χ4v) is 22.4. The van der Waals surface area contributed by atoms with Crippen molar-refractivity contribution in [2.75, 3.05) is 0 Å². The standard InChI is InChI=1S/C37H27N.C34H27N.C31H24O/c1-37(2)29-14-8-6-12-25(29)35-27-18-17-23-21-32-36(28-19-16-22(20-30(35)37)33(27)34(23)28)26-13-7-9-15-31(26)38(32)24-10-4-3-5-11-24;1-18-10-15-25-32(35-18)31-23-14-12-19-16-26-30(21-8-6-7-9-24(21)33(26,2)3)22-13-11-20(29(23)28(19)22)17-27(31)34(25,4)5;1-31(2)23-9-5-3-7-19(23)29-21-13-12-18-16-26-30(20-8-4-6-10-25(20)32-26)22-14-11-17(15-24(29)31)27(21)28(18)22/h3-21,27,33H,1-2H3;6-17H,1-5H3;3-14,17,26H,15-16H2,1-2H3. The molecule has 12 aromatic carbocycles. The van der Waals surface area contributed by atoms with Crippen LogP contribution in [0.4, 0.5) is 0 Å². The largest absolute Gasteiger partial charge is 0.485 e. The summed E-state index contributed by atoms with van der Waals surface area (Å²) in [5.74, 6) is 2.22. The number of fused-ring (bicyclic) bond motifs is 21. The van der Waals surface area contributed by atoms with Crippen LogP contribution in [0.5, 0.6) is 5.75 Å². The number of benzene rings is 12. The van der Waals surface area contributed by atoms with E-state index in [1.54, 1.807) is 11.1 Å². The molecule has 3 nitrogen and oxygen atoms in total. The molecule has 3 heterocycles. The summed E-state index contributed by atoms with van der Waals surface area (Å²) in [4.78, 5) is 5.08. The Labute approximate surface area is 613 Å². The van der Waals surface area contributed by atoms with Gasteiger partial charge in [-0.25, -0.2) is 0 Å². The zero-order valence-corrected chi connectivity index (χ0v) is 60.9. The second-order valence-electron chi connectivity index (χ2n) is 33.8. The Morgan fingerprint density at radius 3 is 1.89 bits per heavy atom. The van der Waals surface area contributed by atoms with E-state index in [1.165, 1.54) is 199 Å². The van der Waals surface area contributed by atoms with Crippen molar-refractivity contribution < 1.29 is 4.74 Å². The quantitative estimate of drug-likeness (QED) is 0.153. The molecule has 0 amide bonds. The van der Waals surface area contributed by atoms with Crippen LogP contribution in [-0.4, -0.2) is 15.7 Å². The van der Waals surface area contributed by atoms with Gasteiger partial charge >= 0.3 is 0 Å². The minimum absolute atomic E-state index is 0.00202. The van der Waals surface area contributed by atoms with Crippen LogP contribution in [0.3, 0.4) is 0 Å². The van der Waals surface area contributed by atoms with Crippen LogP contribution in [0.25, 0.3) is 117 Å². The van der Waals surface area contributed by atoms with Gasteiger partial charge in [-0.2, -0.15) is 0 Å². The molecular weight excluding hydrogens is 1270 g/mol. The van der Waals surface area contributed by atoms with E-state index in [2.05, 4.69) is 328 Å². The minimum Gasteiger partial charge on any atom is -0.485 e. The topological polar surface area (TPSA) is 27.1 Å². The molecule has 0 saturated carbocycles. The Bertz CT molecular complexity index is 6630. The van der Waals surface area contributed by atoms with Gasteiger partial charge in [0.05, 0.1) is 16.7 Å². The molecule has 0 bridgehead atoms. The van der Waals surface area contributed by atoms with Crippen molar-refractivity contribution in [1.29, 1.82) is 0 Å². The number of hydrogen-bond donors (Lipinski definition) is 0. The Morgan fingerprint density at radius 2 is 1.10 bits per heavy atom. The van der Waals surface area contributed by atoms with Crippen LogP contribution in [0.1, 0.15) is 168 Å². The molecule has 105 heavy (non-hydrogen) atoms. The number of aromatic nitrogens is 2. The van der Waals surface area contributed by atoms with Crippen molar-refractivity contribution in [2.45, 2.75) is 115 Å². The predicted octanol–water partition coefficient (Wildman–Crippen LogP) is 25.2. The van der Waals surface area contributed by atoms with Gasteiger partial charge < -0.3 is 9.30 Å². The third kappa shape index (κ3) is 7.68. The number of allylic oxidation sites excluding steroid dienone is 10. The number of rotatable bonds is 1. The molecule has 0 saturated heterocycles. The first-order chi connectivity index (χ1) is 51.0. The van der Waals surface area contributed by atoms with E-state index < -0.39 is 0 Å². The number of hydrogen-bond acceptors (Lipinski definition) is 2. The SMILES string of the molecule is CC1(C)C2=C(c3ccccc31)C1C=Cc3cc4c(c5c3C1C(=C2)C=C5)c1ccccc1n4-c1ccccc1.CC1(C)C2=C(c3ccccc31)c1ccc3c4c1C(C=CC4=C1c4ccccc4OC1C3)C2.Cc1ccc2c(n1)-c1c(cc3ccc4c5c(cc6ccc1c3c64)C(C)(C)c1ccccc1-5)C2(C)C. The molecule has 11 aliphatic rings. The second kappa shape index (κ2) is 20.5. The average Bonchev–Trinajstić information content (AvgIpc) is 1.59. The fraction of sp³-hybridized carbons (Fsp3) is 0.186. The maximum Gasteiger partial charge on any atom is 0.129 e. The van der Waals surface area contributed by atoms with E-state index in [1.807, 2.05) is 0 Å². The van der Waals surface area contributed by atoms with E-state index >= 15 is 0 Å². The maximum absolute atomic E-state index is 6.40. The Kier molecular flexibility index (Phi) is 11.7. The van der Waals surface area contributed by atoms with Crippen molar-refractivity contribution in [3.63, 3.8) is 0 Å².